The Morgan fingerprint density at radius 2 is 1.53 bits per heavy atom. The SMILES string of the molecule is CCCCNC(=O)C(Cc1ccccc1)N(Cc1ccc(Cl)cc1Cl)C(=O)CN(c1ccc(OCC)cc1)S(=O)(=O)c1ccccc1. The van der Waals surface area contributed by atoms with Crippen molar-refractivity contribution in [2.45, 2.75) is 50.6 Å². The maximum absolute atomic E-state index is 14.6. The number of amides is 2. The average molecular weight is 697 g/mol. The van der Waals surface area contributed by atoms with E-state index in [0.29, 0.717) is 34.5 Å². The maximum atomic E-state index is 14.6. The highest BCUT2D eigenvalue weighted by atomic mass is 35.5. The van der Waals surface area contributed by atoms with Crippen molar-refractivity contribution >= 4 is 50.7 Å². The summed E-state index contributed by atoms with van der Waals surface area (Å²) in [5.41, 5.74) is 1.66. The Morgan fingerprint density at radius 3 is 2.15 bits per heavy atom. The molecule has 47 heavy (non-hydrogen) atoms. The lowest BCUT2D eigenvalue weighted by Gasteiger charge is -2.34. The van der Waals surface area contributed by atoms with Gasteiger partial charge in [0.2, 0.25) is 11.8 Å². The quantitative estimate of drug-likeness (QED) is 0.126. The van der Waals surface area contributed by atoms with Gasteiger partial charge in [-0.15, -0.1) is 0 Å². The van der Waals surface area contributed by atoms with Crippen molar-refractivity contribution in [3.8, 4) is 5.75 Å². The lowest BCUT2D eigenvalue weighted by molar-refractivity contribution is -0.140. The Kier molecular flexibility index (Phi) is 13.1. The number of nitrogens with zero attached hydrogens (tertiary/aromatic N) is 2. The van der Waals surface area contributed by atoms with Crippen molar-refractivity contribution in [1.82, 2.24) is 10.2 Å². The van der Waals surface area contributed by atoms with E-state index in [2.05, 4.69) is 5.32 Å². The number of hydrogen-bond donors (Lipinski definition) is 1. The number of carbonyl (C=O) groups excluding carboxylic acids is 2. The first kappa shape index (κ1) is 35.8. The van der Waals surface area contributed by atoms with Crippen LogP contribution in [0.15, 0.2) is 108 Å². The number of carbonyl (C=O) groups is 2. The first-order valence-electron chi connectivity index (χ1n) is 15.5. The number of rotatable bonds is 16. The molecule has 1 unspecified atom stereocenters. The van der Waals surface area contributed by atoms with Crippen LogP contribution in [0.4, 0.5) is 5.69 Å². The maximum Gasteiger partial charge on any atom is 0.264 e. The second-order valence-corrected chi connectivity index (χ2v) is 13.6. The molecule has 0 heterocycles. The van der Waals surface area contributed by atoms with Crippen LogP contribution in [0.25, 0.3) is 0 Å². The summed E-state index contributed by atoms with van der Waals surface area (Å²) >= 11 is 12.8. The fourth-order valence-corrected chi connectivity index (χ4v) is 6.92. The van der Waals surface area contributed by atoms with Crippen molar-refractivity contribution in [2.24, 2.45) is 0 Å². The predicted molar refractivity (Wildman–Crippen MR) is 187 cm³/mol. The summed E-state index contributed by atoms with van der Waals surface area (Å²) < 4.78 is 34.9. The van der Waals surface area contributed by atoms with Crippen LogP contribution in [0.3, 0.4) is 0 Å². The summed E-state index contributed by atoms with van der Waals surface area (Å²) in [7, 11) is -4.22. The highest BCUT2D eigenvalue weighted by molar-refractivity contribution is 7.92. The molecule has 0 fully saturated rings. The largest absolute Gasteiger partial charge is 0.494 e. The van der Waals surface area contributed by atoms with E-state index in [4.69, 9.17) is 27.9 Å². The van der Waals surface area contributed by atoms with Crippen LogP contribution in [-0.4, -0.2) is 50.9 Å². The van der Waals surface area contributed by atoms with E-state index in [0.717, 1.165) is 22.7 Å². The molecule has 4 aromatic carbocycles. The minimum Gasteiger partial charge on any atom is -0.494 e. The standard InChI is InChI=1S/C36H39Cl2N3O5S/c1-3-5-22-39-36(43)34(23-27-12-8-6-9-13-27)40(25-28-16-17-29(37)24-33(28)38)35(42)26-41(30-18-20-31(21-19-30)46-4-2)47(44,45)32-14-10-7-11-15-32/h6-21,24,34H,3-5,22-23,25-26H2,1-2H3,(H,39,43). The molecule has 0 bridgehead atoms. The Balaban J connectivity index is 1.80. The van der Waals surface area contributed by atoms with Crippen molar-refractivity contribution in [3.05, 3.63) is 124 Å². The number of hydrogen-bond acceptors (Lipinski definition) is 5. The first-order chi connectivity index (χ1) is 22.6. The van der Waals surface area contributed by atoms with E-state index in [9.17, 15) is 18.0 Å². The summed E-state index contributed by atoms with van der Waals surface area (Å²) in [6, 6.07) is 27.7. The Hall–Kier alpha value is -4.05. The molecule has 1 atom stereocenters. The third-order valence-corrected chi connectivity index (χ3v) is 9.88. The molecular formula is C36H39Cl2N3O5S. The Bertz CT molecular complexity index is 1720. The topological polar surface area (TPSA) is 96.0 Å². The number of ether oxygens (including phenoxy) is 1. The minimum absolute atomic E-state index is 0.0205. The number of unbranched alkanes of at least 4 members (excludes halogenated alkanes) is 1. The molecular weight excluding hydrogens is 657 g/mol. The smallest absolute Gasteiger partial charge is 0.264 e. The summed E-state index contributed by atoms with van der Waals surface area (Å²) in [6.45, 7) is 4.11. The summed E-state index contributed by atoms with van der Waals surface area (Å²) in [5, 5.41) is 3.72. The van der Waals surface area contributed by atoms with Crippen LogP contribution in [0.1, 0.15) is 37.8 Å². The molecule has 0 saturated carbocycles. The molecule has 1 N–H and O–H groups in total. The summed E-state index contributed by atoms with van der Waals surface area (Å²) in [5.74, 6) is -0.374. The fraction of sp³-hybridized carbons (Fsp3) is 0.278. The number of anilines is 1. The van der Waals surface area contributed by atoms with Crippen molar-refractivity contribution in [3.63, 3.8) is 0 Å². The Morgan fingerprint density at radius 1 is 0.872 bits per heavy atom. The molecule has 0 aliphatic carbocycles. The summed E-state index contributed by atoms with van der Waals surface area (Å²) in [6.07, 6.45) is 1.84. The Labute approximate surface area is 287 Å². The van der Waals surface area contributed by atoms with E-state index >= 15 is 0 Å². The van der Waals surface area contributed by atoms with E-state index in [1.54, 1.807) is 60.7 Å². The number of sulfonamides is 1. The molecule has 0 saturated heterocycles. The summed E-state index contributed by atoms with van der Waals surface area (Å²) in [4.78, 5) is 29.9. The first-order valence-corrected chi connectivity index (χ1v) is 17.7. The fourth-order valence-electron chi connectivity index (χ4n) is 5.02. The van der Waals surface area contributed by atoms with Crippen LogP contribution in [0.5, 0.6) is 5.75 Å². The van der Waals surface area contributed by atoms with Crippen molar-refractivity contribution in [1.29, 1.82) is 0 Å². The average Bonchev–Trinajstić information content (AvgIpc) is 3.07. The van der Waals surface area contributed by atoms with E-state index < -0.39 is 28.5 Å². The second kappa shape index (κ2) is 17.2. The van der Waals surface area contributed by atoms with Gasteiger partial charge < -0.3 is 15.0 Å². The molecule has 0 aliphatic heterocycles. The van der Waals surface area contributed by atoms with Crippen LogP contribution < -0.4 is 14.4 Å². The molecule has 0 spiro atoms. The minimum atomic E-state index is -4.22. The van der Waals surface area contributed by atoms with Crippen molar-refractivity contribution in [2.75, 3.05) is 24.0 Å². The zero-order valence-electron chi connectivity index (χ0n) is 26.4. The molecule has 4 aromatic rings. The van der Waals surface area contributed by atoms with E-state index in [1.165, 1.54) is 17.0 Å². The third kappa shape index (κ3) is 9.73. The number of nitrogens with one attached hydrogen (secondary N) is 1. The van der Waals surface area contributed by atoms with Gasteiger partial charge in [-0.3, -0.25) is 13.9 Å². The van der Waals surface area contributed by atoms with Crippen LogP contribution in [0, 0.1) is 0 Å². The molecule has 2 amide bonds. The van der Waals surface area contributed by atoms with Crippen LogP contribution in [-0.2, 0) is 32.6 Å². The van der Waals surface area contributed by atoms with Gasteiger partial charge in [-0.05, 0) is 73.0 Å². The molecule has 0 aliphatic rings. The molecule has 8 nitrogen and oxygen atoms in total. The predicted octanol–water partition coefficient (Wildman–Crippen LogP) is 7.14. The van der Waals surface area contributed by atoms with E-state index in [1.807, 2.05) is 44.2 Å². The normalized spacial score (nSPS) is 11.8. The van der Waals surface area contributed by atoms with Gasteiger partial charge in [-0.2, -0.15) is 0 Å². The van der Waals surface area contributed by atoms with Crippen LogP contribution >= 0.6 is 23.2 Å². The highest BCUT2D eigenvalue weighted by Gasteiger charge is 2.35. The monoisotopic (exact) mass is 695 g/mol. The zero-order chi connectivity index (χ0) is 33.8. The van der Waals surface area contributed by atoms with Gasteiger partial charge in [0.05, 0.1) is 17.2 Å². The number of halogens is 2. The van der Waals surface area contributed by atoms with Gasteiger partial charge in [-0.25, -0.2) is 8.42 Å². The second-order valence-electron chi connectivity index (χ2n) is 10.9. The van der Waals surface area contributed by atoms with Gasteiger partial charge in [0, 0.05) is 29.6 Å². The van der Waals surface area contributed by atoms with Crippen molar-refractivity contribution < 1.29 is 22.7 Å². The van der Waals surface area contributed by atoms with Gasteiger partial charge in [-0.1, -0.05) is 91.1 Å². The van der Waals surface area contributed by atoms with Gasteiger partial charge in [0.15, 0.2) is 0 Å². The van der Waals surface area contributed by atoms with Crippen LogP contribution in [0.2, 0.25) is 10.0 Å². The highest BCUT2D eigenvalue weighted by Crippen LogP contribution is 2.28. The molecule has 0 aromatic heterocycles. The molecule has 11 heteroatoms. The van der Waals surface area contributed by atoms with Gasteiger partial charge >= 0.3 is 0 Å². The van der Waals surface area contributed by atoms with E-state index in [-0.39, 0.29) is 29.5 Å². The molecule has 248 valence electrons. The zero-order valence-corrected chi connectivity index (χ0v) is 28.8. The lowest BCUT2D eigenvalue weighted by atomic mass is 10.0. The molecule has 4 rings (SSSR count). The third-order valence-electron chi connectivity index (χ3n) is 7.50. The molecule has 0 radical (unpaired) electrons. The van der Waals surface area contributed by atoms with Gasteiger partial charge in [0.25, 0.3) is 10.0 Å². The number of benzene rings is 4. The lowest BCUT2D eigenvalue weighted by Crippen LogP contribution is -2.53. The van der Waals surface area contributed by atoms with Gasteiger partial charge in [0.1, 0.15) is 18.3 Å².